The van der Waals surface area contributed by atoms with Crippen LogP contribution in [0.25, 0.3) is 0 Å². The molecule has 0 unspecified atom stereocenters. The molecule has 0 aliphatic heterocycles. The lowest BCUT2D eigenvalue weighted by atomic mass is 10.1. The van der Waals surface area contributed by atoms with E-state index in [1.165, 1.54) is 32.2 Å². The summed E-state index contributed by atoms with van der Waals surface area (Å²) in [6.45, 7) is 4.12. The van der Waals surface area contributed by atoms with Crippen molar-refractivity contribution in [3.05, 3.63) is 59.4 Å². The molecule has 0 bridgehead atoms. The summed E-state index contributed by atoms with van der Waals surface area (Å²) in [7, 11) is 1.53. The lowest BCUT2D eigenvalue weighted by Gasteiger charge is -2.15. The van der Waals surface area contributed by atoms with Gasteiger partial charge in [-0.25, -0.2) is 9.18 Å². The Bertz CT molecular complexity index is 809. The number of anilines is 1. The van der Waals surface area contributed by atoms with Crippen molar-refractivity contribution in [2.24, 2.45) is 0 Å². The summed E-state index contributed by atoms with van der Waals surface area (Å²) in [5.41, 5.74) is 1.26. The molecule has 0 spiro atoms. The van der Waals surface area contributed by atoms with Gasteiger partial charge in [-0.3, -0.25) is 4.79 Å². The molecule has 7 heteroatoms. The molecule has 1 amide bonds. The van der Waals surface area contributed by atoms with Crippen LogP contribution in [0, 0.1) is 5.82 Å². The molecular weight excluding hydrogens is 353 g/mol. The fourth-order valence-corrected chi connectivity index (χ4v) is 2.32. The van der Waals surface area contributed by atoms with E-state index in [0.717, 1.165) is 0 Å². The van der Waals surface area contributed by atoms with Crippen molar-refractivity contribution in [2.45, 2.75) is 26.6 Å². The standard InChI is InChI=1S/C20H22FNO5/c1-4-26-12-15-10-14(8-9-18(15)25-3)20(24)27-13(2)19(23)22-17-7-5-6-16(21)11-17/h5-11,13H,4,12H2,1-3H3,(H,22,23)/t13-/m1/s1. The Balaban J connectivity index is 2.03. The minimum absolute atomic E-state index is 0.274. The zero-order valence-electron chi connectivity index (χ0n) is 15.5. The van der Waals surface area contributed by atoms with Gasteiger partial charge < -0.3 is 19.5 Å². The number of hydrogen-bond acceptors (Lipinski definition) is 5. The van der Waals surface area contributed by atoms with E-state index >= 15 is 0 Å². The zero-order chi connectivity index (χ0) is 19.8. The minimum Gasteiger partial charge on any atom is -0.496 e. The summed E-state index contributed by atoms with van der Waals surface area (Å²) < 4.78 is 29.0. The molecule has 27 heavy (non-hydrogen) atoms. The number of amides is 1. The number of hydrogen-bond donors (Lipinski definition) is 1. The molecule has 0 aliphatic carbocycles. The Labute approximate surface area is 157 Å². The first-order valence-electron chi connectivity index (χ1n) is 8.46. The van der Waals surface area contributed by atoms with Gasteiger partial charge in [-0.05, 0) is 50.2 Å². The number of halogens is 1. The molecule has 2 aromatic rings. The van der Waals surface area contributed by atoms with E-state index in [2.05, 4.69) is 5.32 Å². The summed E-state index contributed by atoms with van der Waals surface area (Å²) in [5, 5.41) is 2.50. The molecule has 0 fully saturated rings. The second-order valence-electron chi connectivity index (χ2n) is 5.71. The molecule has 0 saturated carbocycles. The number of nitrogens with one attached hydrogen (secondary N) is 1. The highest BCUT2D eigenvalue weighted by Gasteiger charge is 2.20. The Morgan fingerprint density at radius 1 is 1.19 bits per heavy atom. The number of methoxy groups -OCH3 is 1. The van der Waals surface area contributed by atoms with E-state index in [4.69, 9.17) is 14.2 Å². The summed E-state index contributed by atoms with van der Waals surface area (Å²) >= 11 is 0. The van der Waals surface area contributed by atoms with Crippen LogP contribution in [0.1, 0.15) is 29.8 Å². The van der Waals surface area contributed by atoms with Crippen molar-refractivity contribution in [3.8, 4) is 5.75 Å². The van der Waals surface area contributed by atoms with Gasteiger partial charge in [-0.2, -0.15) is 0 Å². The number of benzene rings is 2. The van der Waals surface area contributed by atoms with E-state index in [1.807, 2.05) is 6.92 Å². The Kier molecular flexibility index (Phi) is 7.31. The van der Waals surface area contributed by atoms with Crippen LogP contribution < -0.4 is 10.1 Å². The lowest BCUT2D eigenvalue weighted by molar-refractivity contribution is -0.123. The molecule has 0 radical (unpaired) electrons. The van der Waals surface area contributed by atoms with E-state index in [1.54, 1.807) is 24.3 Å². The van der Waals surface area contributed by atoms with Crippen molar-refractivity contribution >= 4 is 17.6 Å². The Hall–Kier alpha value is -2.93. The number of carbonyl (C=O) groups is 2. The average molecular weight is 375 g/mol. The van der Waals surface area contributed by atoms with Crippen molar-refractivity contribution in [2.75, 3.05) is 19.0 Å². The molecule has 0 heterocycles. The molecule has 0 aliphatic rings. The van der Waals surface area contributed by atoms with Crippen molar-refractivity contribution in [1.82, 2.24) is 0 Å². The number of esters is 1. The molecule has 2 rings (SSSR count). The molecule has 6 nitrogen and oxygen atoms in total. The maximum Gasteiger partial charge on any atom is 0.338 e. The molecule has 0 aromatic heterocycles. The number of ether oxygens (including phenoxy) is 3. The van der Waals surface area contributed by atoms with Crippen LogP contribution in [0.3, 0.4) is 0 Å². The maximum atomic E-state index is 13.2. The van der Waals surface area contributed by atoms with E-state index < -0.39 is 23.8 Å². The lowest BCUT2D eigenvalue weighted by Crippen LogP contribution is -2.30. The first-order chi connectivity index (χ1) is 12.9. The first kappa shape index (κ1) is 20.4. The van der Waals surface area contributed by atoms with Gasteiger partial charge in [0, 0.05) is 17.9 Å². The first-order valence-corrected chi connectivity index (χ1v) is 8.46. The monoisotopic (exact) mass is 375 g/mol. The van der Waals surface area contributed by atoms with Gasteiger partial charge in [-0.15, -0.1) is 0 Å². The number of rotatable bonds is 8. The number of carbonyl (C=O) groups excluding carboxylic acids is 2. The zero-order valence-corrected chi connectivity index (χ0v) is 15.5. The van der Waals surface area contributed by atoms with Crippen LogP contribution in [-0.2, 0) is 20.9 Å². The van der Waals surface area contributed by atoms with Crippen LogP contribution in [-0.4, -0.2) is 31.7 Å². The minimum atomic E-state index is -1.06. The fourth-order valence-electron chi connectivity index (χ4n) is 2.32. The largest absolute Gasteiger partial charge is 0.496 e. The Morgan fingerprint density at radius 3 is 2.63 bits per heavy atom. The summed E-state index contributed by atoms with van der Waals surface area (Å²) in [6, 6.07) is 10.3. The molecule has 2 aromatic carbocycles. The predicted molar refractivity (Wildman–Crippen MR) is 98.2 cm³/mol. The normalized spacial score (nSPS) is 11.6. The maximum absolute atomic E-state index is 13.2. The second-order valence-corrected chi connectivity index (χ2v) is 5.71. The van der Waals surface area contributed by atoms with Crippen molar-refractivity contribution < 1.29 is 28.2 Å². The van der Waals surface area contributed by atoms with Gasteiger partial charge in [0.25, 0.3) is 5.91 Å². The molecule has 1 atom stereocenters. The second kappa shape index (κ2) is 9.68. The van der Waals surface area contributed by atoms with E-state index in [-0.39, 0.29) is 17.9 Å². The van der Waals surface area contributed by atoms with Crippen molar-refractivity contribution in [3.63, 3.8) is 0 Å². The van der Waals surface area contributed by atoms with Gasteiger partial charge >= 0.3 is 5.97 Å². The summed E-state index contributed by atoms with van der Waals surface area (Å²) in [4.78, 5) is 24.5. The smallest absolute Gasteiger partial charge is 0.338 e. The van der Waals surface area contributed by atoms with E-state index in [9.17, 15) is 14.0 Å². The Morgan fingerprint density at radius 2 is 1.96 bits per heavy atom. The van der Waals surface area contributed by atoms with Gasteiger partial charge in [0.2, 0.25) is 0 Å². The third-order valence-corrected chi connectivity index (χ3v) is 3.72. The van der Waals surface area contributed by atoms with Gasteiger partial charge in [0.1, 0.15) is 11.6 Å². The predicted octanol–water partition coefficient (Wildman–Crippen LogP) is 3.55. The summed E-state index contributed by atoms with van der Waals surface area (Å²) in [6.07, 6.45) is -1.06. The quantitative estimate of drug-likeness (QED) is 0.714. The van der Waals surface area contributed by atoms with Crippen LogP contribution in [0.5, 0.6) is 5.75 Å². The summed E-state index contributed by atoms with van der Waals surface area (Å²) in [5.74, 6) is -1.09. The van der Waals surface area contributed by atoms with Crippen LogP contribution in [0.2, 0.25) is 0 Å². The van der Waals surface area contributed by atoms with Crippen LogP contribution in [0.4, 0.5) is 10.1 Å². The highest BCUT2D eigenvalue weighted by Crippen LogP contribution is 2.22. The fraction of sp³-hybridized carbons (Fsp3) is 0.300. The van der Waals surface area contributed by atoms with Crippen LogP contribution in [0.15, 0.2) is 42.5 Å². The average Bonchev–Trinajstić information content (AvgIpc) is 2.65. The molecule has 0 saturated heterocycles. The third kappa shape index (κ3) is 5.79. The molecular formula is C20H22FNO5. The molecule has 1 N–H and O–H groups in total. The molecule has 144 valence electrons. The highest BCUT2D eigenvalue weighted by molar-refractivity contribution is 5.97. The van der Waals surface area contributed by atoms with Gasteiger partial charge in [-0.1, -0.05) is 6.07 Å². The van der Waals surface area contributed by atoms with Crippen LogP contribution >= 0.6 is 0 Å². The van der Waals surface area contributed by atoms with Crippen molar-refractivity contribution in [1.29, 1.82) is 0 Å². The van der Waals surface area contributed by atoms with Gasteiger partial charge in [0.15, 0.2) is 6.10 Å². The van der Waals surface area contributed by atoms with Gasteiger partial charge in [0.05, 0.1) is 19.3 Å². The van der Waals surface area contributed by atoms with E-state index in [0.29, 0.717) is 17.9 Å². The topological polar surface area (TPSA) is 73.9 Å². The SMILES string of the molecule is CCOCc1cc(C(=O)O[C@H](C)C(=O)Nc2cccc(F)c2)ccc1OC. The third-order valence-electron chi connectivity index (χ3n) is 3.72. The highest BCUT2D eigenvalue weighted by atomic mass is 19.1.